The van der Waals surface area contributed by atoms with Crippen LogP contribution >= 0.6 is 0 Å². The van der Waals surface area contributed by atoms with Crippen molar-refractivity contribution >= 4 is 18.1 Å². The van der Waals surface area contributed by atoms with Crippen molar-refractivity contribution in [2.24, 2.45) is 0 Å². The van der Waals surface area contributed by atoms with Gasteiger partial charge in [-0.3, -0.25) is 4.79 Å². The second-order valence-electron chi connectivity index (χ2n) is 7.98. The number of carbonyl (C=O) groups excluding carboxylic acids is 2. The second-order valence-corrected chi connectivity index (χ2v) is 7.98. The van der Waals surface area contributed by atoms with E-state index in [2.05, 4.69) is 5.32 Å². The molecule has 3 rings (SSSR count). The number of carboxylic acid groups (broad SMARTS) is 1. The predicted octanol–water partition coefficient (Wildman–Crippen LogP) is 3.38. The Morgan fingerprint density at radius 2 is 1.81 bits per heavy atom. The van der Waals surface area contributed by atoms with Gasteiger partial charge in [-0.15, -0.1) is 0 Å². The van der Waals surface area contributed by atoms with Gasteiger partial charge < -0.3 is 19.9 Å². The third kappa shape index (κ3) is 6.31. The van der Waals surface area contributed by atoms with Crippen molar-refractivity contribution in [2.75, 3.05) is 6.61 Å². The third-order valence-electron chi connectivity index (χ3n) is 5.08. The van der Waals surface area contributed by atoms with Gasteiger partial charge in [-0.1, -0.05) is 54.6 Å². The van der Waals surface area contributed by atoms with E-state index in [0.717, 1.165) is 16.7 Å². The second kappa shape index (κ2) is 10.8. The van der Waals surface area contributed by atoms with Gasteiger partial charge in [0.25, 0.3) is 5.91 Å². The summed E-state index contributed by atoms with van der Waals surface area (Å²) in [5.74, 6) is -0.434. The zero-order valence-corrected chi connectivity index (χ0v) is 18.2. The number of benzene rings is 2. The van der Waals surface area contributed by atoms with Crippen LogP contribution < -0.4 is 5.32 Å². The zero-order valence-electron chi connectivity index (χ0n) is 18.2. The Kier molecular flexibility index (Phi) is 7.83. The van der Waals surface area contributed by atoms with E-state index in [1.54, 1.807) is 12.1 Å². The van der Waals surface area contributed by atoms with Crippen LogP contribution in [0.1, 0.15) is 30.5 Å². The highest BCUT2D eigenvalue weighted by atomic mass is 16.6. The van der Waals surface area contributed by atoms with Crippen LogP contribution in [0.4, 0.5) is 9.59 Å². The molecule has 0 spiro atoms. The number of nitrogens with one attached hydrogen (secondary N) is 1. The normalized spacial score (nSPS) is 16.7. The molecule has 1 heterocycles. The fourth-order valence-electron chi connectivity index (χ4n) is 3.70. The van der Waals surface area contributed by atoms with Gasteiger partial charge in [0.05, 0.1) is 12.1 Å². The lowest BCUT2D eigenvalue weighted by atomic mass is 10.0. The molecular weight excluding hydrogens is 412 g/mol. The van der Waals surface area contributed by atoms with E-state index >= 15 is 0 Å². The van der Waals surface area contributed by atoms with Crippen molar-refractivity contribution in [1.29, 1.82) is 0 Å². The highest BCUT2D eigenvalue weighted by Gasteiger charge is 2.41. The van der Waals surface area contributed by atoms with E-state index in [0.29, 0.717) is 6.42 Å². The summed E-state index contributed by atoms with van der Waals surface area (Å²) in [5, 5.41) is 11.1. The van der Waals surface area contributed by atoms with Gasteiger partial charge in [0.1, 0.15) is 12.7 Å². The molecular formula is C24H28N2O6. The molecule has 0 aliphatic carbocycles. The van der Waals surface area contributed by atoms with Crippen LogP contribution in [0.25, 0.3) is 0 Å². The maximum absolute atomic E-state index is 13.4. The van der Waals surface area contributed by atoms with Crippen LogP contribution in [-0.2, 0) is 33.7 Å². The highest BCUT2D eigenvalue weighted by Crippen LogP contribution is 2.21. The molecule has 3 amide bonds. The number of imide groups is 1. The molecule has 1 saturated heterocycles. The van der Waals surface area contributed by atoms with Gasteiger partial charge in [0.2, 0.25) is 0 Å². The molecule has 2 atom stereocenters. The molecule has 1 aliphatic rings. The number of ether oxygens (including phenoxy) is 2. The smallest absolute Gasteiger partial charge is 0.417 e. The molecule has 8 nitrogen and oxygen atoms in total. The Morgan fingerprint density at radius 1 is 1.12 bits per heavy atom. The van der Waals surface area contributed by atoms with Gasteiger partial charge in [-0.05, 0) is 37.0 Å². The third-order valence-corrected chi connectivity index (χ3v) is 5.08. The summed E-state index contributed by atoms with van der Waals surface area (Å²) in [6.45, 7) is 3.96. The maximum Gasteiger partial charge on any atom is 0.417 e. The fourth-order valence-corrected chi connectivity index (χ4v) is 3.70. The van der Waals surface area contributed by atoms with Crippen LogP contribution in [0.15, 0.2) is 54.6 Å². The average molecular weight is 440 g/mol. The molecule has 2 N–H and O–H groups in total. The lowest BCUT2D eigenvalue weighted by Crippen LogP contribution is -2.47. The van der Waals surface area contributed by atoms with Crippen molar-refractivity contribution in [1.82, 2.24) is 10.2 Å². The van der Waals surface area contributed by atoms with Crippen molar-refractivity contribution < 1.29 is 29.0 Å². The molecule has 0 radical (unpaired) electrons. The lowest BCUT2D eigenvalue weighted by molar-refractivity contribution is -0.144. The van der Waals surface area contributed by atoms with E-state index < -0.39 is 30.2 Å². The molecule has 0 unspecified atom stereocenters. The number of carbonyl (C=O) groups is 3. The first-order chi connectivity index (χ1) is 15.3. The van der Waals surface area contributed by atoms with Crippen LogP contribution in [0.3, 0.4) is 0 Å². The Balaban J connectivity index is 1.77. The minimum atomic E-state index is -1.11. The molecule has 2 aromatic carbocycles. The van der Waals surface area contributed by atoms with Gasteiger partial charge >= 0.3 is 12.2 Å². The van der Waals surface area contributed by atoms with E-state index in [4.69, 9.17) is 14.6 Å². The number of hydrogen-bond acceptors (Lipinski definition) is 5. The number of hydrogen-bond donors (Lipinski definition) is 2. The Labute approximate surface area is 187 Å². The first kappa shape index (κ1) is 23.3. The topological polar surface area (TPSA) is 105 Å². The summed E-state index contributed by atoms with van der Waals surface area (Å²) in [6, 6.07) is 16.5. The van der Waals surface area contributed by atoms with Crippen LogP contribution in [0, 0.1) is 0 Å². The lowest BCUT2D eigenvalue weighted by Gasteiger charge is -2.26. The van der Waals surface area contributed by atoms with E-state index in [9.17, 15) is 14.4 Å². The zero-order chi connectivity index (χ0) is 23.1. The summed E-state index contributed by atoms with van der Waals surface area (Å²) in [5.41, 5.74) is 2.58. The summed E-state index contributed by atoms with van der Waals surface area (Å²) in [7, 11) is 0. The number of nitrogens with zero attached hydrogens (tertiary/aromatic N) is 1. The number of amides is 3. The fraction of sp³-hybridized carbons (Fsp3) is 0.375. The quantitative estimate of drug-likeness (QED) is 0.619. The highest BCUT2D eigenvalue weighted by molar-refractivity contribution is 5.96. The van der Waals surface area contributed by atoms with Crippen molar-refractivity contribution in [2.45, 2.75) is 51.5 Å². The van der Waals surface area contributed by atoms with Crippen LogP contribution in [0.2, 0.25) is 0 Å². The van der Waals surface area contributed by atoms with E-state index in [1.165, 1.54) is 4.90 Å². The summed E-state index contributed by atoms with van der Waals surface area (Å²) in [4.78, 5) is 37.8. The van der Waals surface area contributed by atoms with E-state index in [1.807, 2.05) is 56.3 Å². The van der Waals surface area contributed by atoms with Gasteiger partial charge in [-0.25, -0.2) is 14.5 Å². The number of cyclic esters (lactones) is 1. The molecule has 32 heavy (non-hydrogen) atoms. The summed E-state index contributed by atoms with van der Waals surface area (Å²) in [6.07, 6.45) is -2.12. The molecule has 0 aromatic heterocycles. The largest absolute Gasteiger partial charge is 0.465 e. The molecule has 1 fully saturated rings. The van der Waals surface area contributed by atoms with Crippen LogP contribution in [-0.4, -0.2) is 53.0 Å². The first-order valence-electron chi connectivity index (χ1n) is 10.6. The minimum Gasteiger partial charge on any atom is -0.465 e. The first-order valence-corrected chi connectivity index (χ1v) is 10.6. The molecule has 1 aliphatic heterocycles. The number of rotatable bonds is 9. The summed E-state index contributed by atoms with van der Waals surface area (Å²) < 4.78 is 11.1. The average Bonchev–Trinajstić information content (AvgIpc) is 3.12. The van der Waals surface area contributed by atoms with Crippen molar-refractivity contribution in [3.63, 3.8) is 0 Å². The van der Waals surface area contributed by atoms with Gasteiger partial charge in [-0.2, -0.15) is 0 Å². The van der Waals surface area contributed by atoms with E-state index in [-0.39, 0.29) is 25.7 Å². The molecule has 2 aromatic rings. The molecule has 0 saturated carbocycles. The monoisotopic (exact) mass is 440 g/mol. The minimum absolute atomic E-state index is 0.143. The predicted molar refractivity (Wildman–Crippen MR) is 117 cm³/mol. The van der Waals surface area contributed by atoms with Crippen molar-refractivity contribution in [3.05, 3.63) is 71.3 Å². The Morgan fingerprint density at radius 3 is 2.50 bits per heavy atom. The maximum atomic E-state index is 13.4. The van der Waals surface area contributed by atoms with Gasteiger partial charge in [0, 0.05) is 13.0 Å². The molecule has 0 bridgehead atoms. The molecule has 8 heteroatoms. The van der Waals surface area contributed by atoms with Crippen LogP contribution in [0.5, 0.6) is 0 Å². The Bertz CT molecular complexity index is 947. The SMILES string of the molecule is CC(C)O[C@@H](Cc1cccc(CNC(=O)O)c1)C(=O)N1C(=O)OC[C@@H]1Cc1ccccc1. The van der Waals surface area contributed by atoms with Gasteiger partial charge in [0.15, 0.2) is 0 Å². The Hall–Kier alpha value is -3.39. The molecule has 170 valence electrons. The standard InChI is InChI=1S/C24H28N2O6/c1-16(2)32-21(13-18-9-6-10-19(11-18)14-25-23(28)29)22(27)26-20(15-31-24(26)30)12-17-7-4-3-5-8-17/h3-11,16,20-21,25H,12-15H2,1-2H3,(H,28,29)/t20-,21-/m0/s1. The summed E-state index contributed by atoms with van der Waals surface area (Å²) >= 11 is 0. The van der Waals surface area contributed by atoms with Crippen molar-refractivity contribution in [3.8, 4) is 0 Å².